The van der Waals surface area contributed by atoms with Crippen molar-refractivity contribution in [3.8, 4) is 11.3 Å². The molecule has 1 N–H and O–H groups in total. The highest BCUT2D eigenvalue weighted by Gasteiger charge is 2.14. The second kappa shape index (κ2) is 8.21. The van der Waals surface area contributed by atoms with Gasteiger partial charge in [0.05, 0.1) is 16.3 Å². The van der Waals surface area contributed by atoms with Gasteiger partial charge in [-0.15, -0.1) is 0 Å². The molecule has 1 amide bonds. The highest BCUT2D eigenvalue weighted by molar-refractivity contribution is 6.42. The van der Waals surface area contributed by atoms with E-state index >= 15 is 0 Å². The standard InChI is InChI=1S/C22H20Cl2N2O2/c1-22(2,3)16-7-4-14(5-8-16)21(27)26-25-13-17-9-11-20(28-17)15-6-10-18(23)19(24)12-15/h4-13H,1-3H3,(H,26,27). The monoisotopic (exact) mass is 414 g/mol. The summed E-state index contributed by atoms with van der Waals surface area (Å²) in [4.78, 5) is 12.2. The summed E-state index contributed by atoms with van der Waals surface area (Å²) in [6, 6.07) is 16.3. The predicted octanol–water partition coefficient (Wildman–Crippen LogP) is 6.31. The first-order chi connectivity index (χ1) is 13.2. The molecule has 0 bridgehead atoms. The van der Waals surface area contributed by atoms with Crippen LogP contribution in [-0.4, -0.2) is 12.1 Å². The second-order valence-electron chi connectivity index (χ2n) is 7.36. The molecule has 0 aliphatic carbocycles. The molecule has 1 aromatic heterocycles. The van der Waals surface area contributed by atoms with Gasteiger partial charge in [-0.2, -0.15) is 5.10 Å². The van der Waals surface area contributed by atoms with Crippen LogP contribution in [0, 0.1) is 0 Å². The van der Waals surface area contributed by atoms with Gasteiger partial charge in [0.25, 0.3) is 5.91 Å². The summed E-state index contributed by atoms with van der Waals surface area (Å²) in [6.45, 7) is 6.38. The van der Waals surface area contributed by atoms with E-state index in [0.717, 1.165) is 11.1 Å². The van der Waals surface area contributed by atoms with Crippen LogP contribution in [0.4, 0.5) is 0 Å². The minimum atomic E-state index is -0.284. The molecule has 144 valence electrons. The summed E-state index contributed by atoms with van der Waals surface area (Å²) in [5.74, 6) is 0.849. The van der Waals surface area contributed by atoms with Crippen molar-refractivity contribution in [2.24, 2.45) is 5.10 Å². The van der Waals surface area contributed by atoms with Crippen molar-refractivity contribution in [3.05, 3.63) is 81.5 Å². The summed E-state index contributed by atoms with van der Waals surface area (Å²) in [6.07, 6.45) is 1.45. The summed E-state index contributed by atoms with van der Waals surface area (Å²) >= 11 is 12.0. The number of halogens is 2. The average molecular weight is 415 g/mol. The normalized spacial score (nSPS) is 11.8. The zero-order chi connectivity index (χ0) is 20.3. The highest BCUT2D eigenvalue weighted by Crippen LogP contribution is 2.29. The SMILES string of the molecule is CC(C)(C)c1ccc(C(=O)NN=Cc2ccc(-c3ccc(Cl)c(Cl)c3)o2)cc1. The number of benzene rings is 2. The second-order valence-corrected chi connectivity index (χ2v) is 8.17. The van der Waals surface area contributed by atoms with Gasteiger partial charge in [-0.1, -0.05) is 56.1 Å². The quantitative estimate of drug-likeness (QED) is 0.401. The molecule has 0 saturated carbocycles. The maximum absolute atomic E-state index is 12.2. The Hall–Kier alpha value is -2.56. The van der Waals surface area contributed by atoms with Crippen molar-refractivity contribution in [2.45, 2.75) is 26.2 Å². The number of rotatable bonds is 4. The molecule has 0 unspecified atom stereocenters. The first-order valence-corrected chi connectivity index (χ1v) is 9.49. The molecular formula is C22H20Cl2N2O2. The Morgan fingerprint density at radius 1 is 1.00 bits per heavy atom. The third-order valence-electron chi connectivity index (χ3n) is 4.20. The minimum absolute atomic E-state index is 0.0401. The smallest absolute Gasteiger partial charge is 0.271 e. The van der Waals surface area contributed by atoms with Crippen LogP contribution < -0.4 is 5.43 Å². The van der Waals surface area contributed by atoms with Crippen molar-refractivity contribution in [3.63, 3.8) is 0 Å². The Kier molecular flexibility index (Phi) is 5.92. The van der Waals surface area contributed by atoms with Crippen molar-refractivity contribution >= 4 is 35.3 Å². The van der Waals surface area contributed by atoms with Crippen LogP contribution in [0.25, 0.3) is 11.3 Å². The molecule has 0 saturated heterocycles. The van der Waals surface area contributed by atoms with Gasteiger partial charge in [0, 0.05) is 11.1 Å². The Morgan fingerprint density at radius 2 is 1.71 bits per heavy atom. The summed E-state index contributed by atoms with van der Waals surface area (Å²) in [7, 11) is 0. The number of carbonyl (C=O) groups is 1. The van der Waals surface area contributed by atoms with Gasteiger partial charge in [0.15, 0.2) is 0 Å². The van der Waals surface area contributed by atoms with Crippen LogP contribution >= 0.6 is 23.2 Å². The zero-order valence-electron chi connectivity index (χ0n) is 15.8. The molecule has 1 heterocycles. The van der Waals surface area contributed by atoms with E-state index in [-0.39, 0.29) is 11.3 Å². The molecule has 0 radical (unpaired) electrons. The highest BCUT2D eigenvalue weighted by atomic mass is 35.5. The number of carbonyl (C=O) groups excluding carboxylic acids is 1. The topological polar surface area (TPSA) is 54.6 Å². The van der Waals surface area contributed by atoms with Crippen LogP contribution in [0.3, 0.4) is 0 Å². The zero-order valence-corrected chi connectivity index (χ0v) is 17.3. The number of hydrogen-bond donors (Lipinski definition) is 1. The van der Waals surface area contributed by atoms with E-state index in [4.69, 9.17) is 27.6 Å². The summed E-state index contributed by atoms with van der Waals surface area (Å²) < 4.78 is 5.70. The third-order valence-corrected chi connectivity index (χ3v) is 4.94. The number of nitrogens with one attached hydrogen (secondary N) is 1. The van der Waals surface area contributed by atoms with E-state index in [1.807, 2.05) is 18.2 Å². The maximum Gasteiger partial charge on any atom is 0.271 e. The van der Waals surface area contributed by atoms with E-state index in [9.17, 15) is 4.79 Å². The largest absolute Gasteiger partial charge is 0.455 e. The van der Waals surface area contributed by atoms with Gasteiger partial charge in [0.2, 0.25) is 0 Å². The maximum atomic E-state index is 12.2. The molecule has 0 fully saturated rings. The molecule has 0 aliphatic heterocycles. The van der Waals surface area contributed by atoms with Gasteiger partial charge >= 0.3 is 0 Å². The van der Waals surface area contributed by atoms with E-state index in [1.165, 1.54) is 6.21 Å². The van der Waals surface area contributed by atoms with Crippen molar-refractivity contribution < 1.29 is 9.21 Å². The Labute approximate surface area is 174 Å². The molecule has 3 aromatic rings. The van der Waals surface area contributed by atoms with Gasteiger partial charge in [-0.25, -0.2) is 5.43 Å². The van der Waals surface area contributed by atoms with E-state index < -0.39 is 0 Å². The Bertz CT molecular complexity index is 1020. The fourth-order valence-corrected chi connectivity index (χ4v) is 2.87. The lowest BCUT2D eigenvalue weighted by atomic mass is 9.87. The van der Waals surface area contributed by atoms with Crippen molar-refractivity contribution in [2.75, 3.05) is 0 Å². The van der Waals surface area contributed by atoms with Crippen molar-refractivity contribution in [1.29, 1.82) is 0 Å². The van der Waals surface area contributed by atoms with Crippen LogP contribution in [0.2, 0.25) is 10.0 Å². The predicted molar refractivity (Wildman–Crippen MR) is 114 cm³/mol. The van der Waals surface area contributed by atoms with Crippen LogP contribution in [0.15, 0.2) is 64.1 Å². The molecule has 3 rings (SSSR count). The van der Waals surface area contributed by atoms with Gasteiger partial charge in [-0.05, 0) is 53.4 Å². The van der Waals surface area contributed by atoms with E-state index in [0.29, 0.717) is 27.1 Å². The number of furan rings is 1. The average Bonchev–Trinajstić information content (AvgIpc) is 3.12. The van der Waals surface area contributed by atoms with Crippen LogP contribution in [-0.2, 0) is 5.41 Å². The van der Waals surface area contributed by atoms with Crippen molar-refractivity contribution in [1.82, 2.24) is 5.43 Å². The lowest BCUT2D eigenvalue weighted by Crippen LogP contribution is -2.18. The lowest BCUT2D eigenvalue weighted by molar-refractivity contribution is 0.0955. The molecule has 0 atom stereocenters. The Balaban J connectivity index is 1.64. The molecule has 2 aromatic carbocycles. The number of hydrazone groups is 1. The van der Waals surface area contributed by atoms with E-state index in [2.05, 4.69) is 31.3 Å². The molecule has 4 nitrogen and oxygen atoms in total. The molecule has 6 heteroatoms. The third kappa shape index (κ3) is 4.83. The number of amides is 1. The minimum Gasteiger partial charge on any atom is -0.455 e. The lowest BCUT2D eigenvalue weighted by Gasteiger charge is -2.18. The summed E-state index contributed by atoms with van der Waals surface area (Å²) in [5, 5.41) is 4.90. The Morgan fingerprint density at radius 3 is 2.36 bits per heavy atom. The fraction of sp³-hybridized carbons (Fsp3) is 0.182. The van der Waals surface area contributed by atoms with E-state index in [1.54, 1.807) is 36.4 Å². The van der Waals surface area contributed by atoms with Gasteiger partial charge in [0.1, 0.15) is 11.5 Å². The summed E-state index contributed by atoms with van der Waals surface area (Å²) in [5.41, 5.74) is 5.05. The first kappa shape index (κ1) is 20.2. The number of hydrogen-bond acceptors (Lipinski definition) is 3. The van der Waals surface area contributed by atoms with Crippen LogP contribution in [0.1, 0.15) is 42.5 Å². The molecule has 0 spiro atoms. The fourth-order valence-electron chi connectivity index (χ4n) is 2.57. The first-order valence-electron chi connectivity index (χ1n) is 8.73. The van der Waals surface area contributed by atoms with Gasteiger partial charge < -0.3 is 4.42 Å². The molecular weight excluding hydrogens is 395 g/mol. The molecule has 0 aliphatic rings. The number of nitrogens with zero attached hydrogens (tertiary/aromatic N) is 1. The van der Waals surface area contributed by atoms with Crippen LogP contribution in [0.5, 0.6) is 0 Å². The molecule has 28 heavy (non-hydrogen) atoms. The van der Waals surface area contributed by atoms with Gasteiger partial charge in [-0.3, -0.25) is 4.79 Å².